The van der Waals surface area contributed by atoms with Gasteiger partial charge < -0.3 is 14.6 Å². The first-order chi connectivity index (χ1) is 11.6. The van der Waals surface area contributed by atoms with Crippen LogP contribution in [0, 0.1) is 6.92 Å². The molecule has 0 aromatic carbocycles. The van der Waals surface area contributed by atoms with Gasteiger partial charge in [-0.2, -0.15) is 0 Å². The van der Waals surface area contributed by atoms with Crippen molar-refractivity contribution in [1.82, 2.24) is 10.2 Å². The van der Waals surface area contributed by atoms with E-state index in [2.05, 4.69) is 44.8 Å². The van der Waals surface area contributed by atoms with Crippen molar-refractivity contribution in [2.24, 2.45) is 0 Å². The summed E-state index contributed by atoms with van der Waals surface area (Å²) in [4.78, 5) is 15.0. The van der Waals surface area contributed by atoms with Gasteiger partial charge >= 0.3 is 0 Å². The minimum absolute atomic E-state index is 0.0268. The topological polar surface area (TPSA) is 45.5 Å². The van der Waals surface area contributed by atoms with Crippen molar-refractivity contribution in [2.45, 2.75) is 84.3 Å². The van der Waals surface area contributed by atoms with Crippen molar-refractivity contribution in [3.63, 3.8) is 0 Å². The van der Waals surface area contributed by atoms with Gasteiger partial charge in [-0.25, -0.2) is 0 Å². The molecule has 0 aliphatic carbocycles. The van der Waals surface area contributed by atoms with E-state index >= 15 is 0 Å². The van der Waals surface area contributed by atoms with E-state index in [9.17, 15) is 4.79 Å². The molecular formula is C21H34N2O2. The number of furan rings is 1. The highest BCUT2D eigenvalue weighted by Gasteiger charge is 2.40. The largest absolute Gasteiger partial charge is 0.462 e. The van der Waals surface area contributed by atoms with Crippen molar-refractivity contribution in [1.29, 1.82) is 0 Å². The molecule has 1 aliphatic rings. The number of aryl methyl sites for hydroxylation is 1. The molecule has 25 heavy (non-hydrogen) atoms. The molecule has 0 spiro atoms. The van der Waals surface area contributed by atoms with Crippen molar-refractivity contribution >= 4 is 12.0 Å². The van der Waals surface area contributed by atoms with Gasteiger partial charge in [-0.3, -0.25) is 4.79 Å². The maximum atomic E-state index is 12.9. The molecule has 2 heterocycles. The molecule has 2 rings (SSSR count). The molecule has 1 amide bonds. The molecule has 1 saturated heterocycles. The third-order valence-electron chi connectivity index (χ3n) is 4.80. The van der Waals surface area contributed by atoms with Gasteiger partial charge in [0, 0.05) is 29.7 Å². The molecule has 4 heteroatoms. The first-order valence-corrected chi connectivity index (χ1v) is 9.46. The number of hydrogen-bond donors (Lipinski definition) is 1. The highest BCUT2D eigenvalue weighted by molar-refractivity contribution is 5.91. The van der Waals surface area contributed by atoms with Crippen LogP contribution in [0.25, 0.3) is 6.08 Å². The molecule has 140 valence electrons. The number of nitrogens with one attached hydrogen (secondary N) is 1. The normalized spacial score (nSPS) is 20.1. The summed E-state index contributed by atoms with van der Waals surface area (Å²) in [5.41, 5.74) is 0.0536. The number of carbonyl (C=O) groups is 1. The van der Waals surface area contributed by atoms with Crippen molar-refractivity contribution in [2.75, 3.05) is 6.54 Å². The summed E-state index contributed by atoms with van der Waals surface area (Å²) in [6.45, 7) is 13.8. The van der Waals surface area contributed by atoms with E-state index in [1.807, 2.05) is 19.1 Å². The second-order valence-corrected chi connectivity index (χ2v) is 8.62. The fraction of sp³-hybridized carbons (Fsp3) is 0.667. The summed E-state index contributed by atoms with van der Waals surface area (Å²) < 4.78 is 5.54. The Labute approximate surface area is 152 Å². The van der Waals surface area contributed by atoms with Crippen LogP contribution in [0.1, 0.15) is 71.8 Å². The van der Waals surface area contributed by atoms with E-state index < -0.39 is 0 Å². The van der Waals surface area contributed by atoms with Crippen LogP contribution in [-0.2, 0) is 4.79 Å². The van der Waals surface area contributed by atoms with E-state index in [1.54, 1.807) is 12.2 Å². The van der Waals surface area contributed by atoms with Crippen molar-refractivity contribution in [3.8, 4) is 0 Å². The molecular weight excluding hydrogens is 312 g/mol. The minimum atomic E-state index is 0.0268. The minimum Gasteiger partial charge on any atom is -0.462 e. The maximum absolute atomic E-state index is 12.9. The predicted molar refractivity (Wildman–Crippen MR) is 103 cm³/mol. The first-order valence-electron chi connectivity index (χ1n) is 9.46. The smallest absolute Gasteiger partial charge is 0.246 e. The van der Waals surface area contributed by atoms with Crippen LogP contribution in [0.15, 0.2) is 22.6 Å². The fourth-order valence-corrected chi connectivity index (χ4v) is 4.08. The van der Waals surface area contributed by atoms with Gasteiger partial charge in [0.15, 0.2) is 0 Å². The molecule has 0 radical (unpaired) electrons. The molecule has 0 atom stereocenters. The number of piperidine rings is 1. The van der Waals surface area contributed by atoms with Gasteiger partial charge in [0.1, 0.15) is 11.5 Å². The zero-order valence-corrected chi connectivity index (χ0v) is 16.7. The lowest BCUT2D eigenvalue weighted by Gasteiger charge is -2.49. The summed E-state index contributed by atoms with van der Waals surface area (Å²) in [6.07, 6.45) is 7.51. The van der Waals surface area contributed by atoms with E-state index in [0.717, 1.165) is 43.7 Å². The lowest BCUT2D eigenvalue weighted by atomic mass is 9.79. The quantitative estimate of drug-likeness (QED) is 0.769. The Hall–Kier alpha value is -1.55. The third kappa shape index (κ3) is 5.74. The van der Waals surface area contributed by atoms with Crippen LogP contribution >= 0.6 is 0 Å². The molecule has 1 aliphatic heterocycles. The van der Waals surface area contributed by atoms with Crippen LogP contribution in [0.2, 0.25) is 0 Å². The number of nitrogens with zero attached hydrogens (tertiary/aromatic N) is 1. The second-order valence-electron chi connectivity index (χ2n) is 8.62. The Morgan fingerprint density at radius 3 is 2.44 bits per heavy atom. The van der Waals surface area contributed by atoms with Crippen molar-refractivity contribution < 1.29 is 9.21 Å². The molecule has 1 aromatic rings. The Morgan fingerprint density at radius 1 is 1.28 bits per heavy atom. The summed E-state index contributed by atoms with van der Waals surface area (Å²) in [5.74, 6) is 1.67. The molecule has 0 bridgehead atoms. The zero-order valence-electron chi connectivity index (χ0n) is 16.7. The highest BCUT2D eigenvalue weighted by Crippen LogP contribution is 2.32. The van der Waals surface area contributed by atoms with Crippen molar-refractivity contribution in [3.05, 3.63) is 29.7 Å². The lowest BCUT2D eigenvalue weighted by molar-refractivity contribution is -0.130. The Bertz CT molecular complexity index is 597. The van der Waals surface area contributed by atoms with Crippen LogP contribution < -0.4 is 5.32 Å². The molecule has 1 N–H and O–H groups in total. The zero-order chi connectivity index (χ0) is 18.7. The summed E-state index contributed by atoms with van der Waals surface area (Å²) in [5, 5.41) is 3.70. The monoisotopic (exact) mass is 346 g/mol. The van der Waals surface area contributed by atoms with Gasteiger partial charge in [-0.1, -0.05) is 13.3 Å². The van der Waals surface area contributed by atoms with Gasteiger partial charge in [0.2, 0.25) is 5.91 Å². The second kappa shape index (κ2) is 7.77. The number of unbranched alkanes of at least 4 members (excludes halogenated alkanes) is 1. The van der Waals surface area contributed by atoms with E-state index in [-0.39, 0.29) is 23.0 Å². The highest BCUT2D eigenvalue weighted by atomic mass is 16.3. The van der Waals surface area contributed by atoms with Gasteiger partial charge in [-0.05, 0) is 72.1 Å². The third-order valence-corrected chi connectivity index (χ3v) is 4.80. The summed E-state index contributed by atoms with van der Waals surface area (Å²) >= 11 is 0. The van der Waals surface area contributed by atoms with Gasteiger partial charge in [0.25, 0.3) is 0 Å². The Balaban J connectivity index is 2.16. The Kier molecular flexibility index (Phi) is 6.15. The predicted octanol–water partition coefficient (Wildman–Crippen LogP) is 4.54. The molecule has 0 unspecified atom stereocenters. The van der Waals surface area contributed by atoms with Gasteiger partial charge in [-0.15, -0.1) is 0 Å². The lowest BCUT2D eigenvalue weighted by Crippen LogP contribution is -2.62. The van der Waals surface area contributed by atoms with E-state index in [1.165, 1.54) is 0 Å². The SMILES string of the molecule is CCCCN(C(=O)/C=C/c1ccc(C)o1)C1CC(C)(C)NC(C)(C)C1. The molecule has 4 nitrogen and oxygen atoms in total. The summed E-state index contributed by atoms with van der Waals surface area (Å²) in [6, 6.07) is 4.07. The molecule has 0 saturated carbocycles. The first kappa shape index (κ1) is 19.8. The van der Waals surface area contributed by atoms with E-state index in [4.69, 9.17) is 4.42 Å². The van der Waals surface area contributed by atoms with Crippen LogP contribution in [0.5, 0.6) is 0 Å². The van der Waals surface area contributed by atoms with Crippen LogP contribution in [-0.4, -0.2) is 34.5 Å². The van der Waals surface area contributed by atoms with E-state index in [0.29, 0.717) is 0 Å². The van der Waals surface area contributed by atoms with Crippen LogP contribution in [0.4, 0.5) is 0 Å². The standard InChI is InChI=1S/C21H34N2O2/c1-7-8-13-23(17-14-20(3,4)22-21(5,6)15-17)19(24)12-11-18-10-9-16(2)25-18/h9-12,17,22H,7-8,13-15H2,1-6H3/b12-11+. The average Bonchev–Trinajstić information content (AvgIpc) is 2.88. The summed E-state index contributed by atoms with van der Waals surface area (Å²) in [7, 11) is 0. The number of hydrogen-bond acceptors (Lipinski definition) is 3. The number of rotatable bonds is 6. The molecule has 1 aromatic heterocycles. The number of carbonyl (C=O) groups excluding carboxylic acids is 1. The molecule has 1 fully saturated rings. The van der Waals surface area contributed by atoms with Crippen LogP contribution in [0.3, 0.4) is 0 Å². The fourth-order valence-electron chi connectivity index (χ4n) is 4.08. The maximum Gasteiger partial charge on any atom is 0.246 e. The Morgan fingerprint density at radius 2 is 1.92 bits per heavy atom. The van der Waals surface area contributed by atoms with Gasteiger partial charge in [0.05, 0.1) is 0 Å². The number of amides is 1. The average molecular weight is 347 g/mol.